The van der Waals surface area contributed by atoms with E-state index in [1.165, 1.54) is 16.7 Å². The van der Waals surface area contributed by atoms with Gasteiger partial charge in [-0.2, -0.15) is 0 Å². The zero-order valence-electron chi connectivity index (χ0n) is 12.4. The predicted molar refractivity (Wildman–Crippen MR) is 79.5 cm³/mol. The summed E-state index contributed by atoms with van der Waals surface area (Å²) >= 11 is 0. The molecule has 1 unspecified atom stereocenters. The molecule has 1 heterocycles. The van der Waals surface area contributed by atoms with Crippen LogP contribution in [0.1, 0.15) is 49.3 Å². The fourth-order valence-electron chi connectivity index (χ4n) is 2.32. The molecule has 0 amide bonds. The molecule has 1 atom stereocenters. The Hall–Kier alpha value is -1.54. The van der Waals surface area contributed by atoms with Gasteiger partial charge in [0.15, 0.2) is 0 Å². The molecule has 0 spiro atoms. The van der Waals surface area contributed by atoms with Crippen molar-refractivity contribution in [2.24, 2.45) is 0 Å². The van der Waals surface area contributed by atoms with Crippen LogP contribution in [0.25, 0.3) is 0 Å². The van der Waals surface area contributed by atoms with E-state index in [4.69, 9.17) is 4.42 Å². The normalized spacial score (nSPS) is 13.5. The van der Waals surface area contributed by atoms with Crippen molar-refractivity contribution in [2.45, 2.75) is 39.2 Å². The van der Waals surface area contributed by atoms with E-state index in [1.54, 1.807) is 0 Å². The van der Waals surface area contributed by atoms with Gasteiger partial charge >= 0.3 is 0 Å². The highest BCUT2D eigenvalue weighted by Gasteiger charge is 2.17. The molecular weight excluding hydrogens is 234 g/mol. The average Bonchev–Trinajstić information content (AvgIpc) is 2.76. The fraction of sp³-hybridized carbons (Fsp3) is 0.412. The summed E-state index contributed by atoms with van der Waals surface area (Å²) in [5.74, 6) is 0.946. The number of hydrogen-bond acceptors (Lipinski definition) is 2. The van der Waals surface area contributed by atoms with Crippen LogP contribution in [-0.4, -0.2) is 7.05 Å². The molecule has 0 saturated carbocycles. The monoisotopic (exact) mass is 257 g/mol. The minimum Gasteiger partial charge on any atom is -0.469 e. The zero-order valence-corrected chi connectivity index (χ0v) is 12.4. The third-order valence-electron chi connectivity index (χ3n) is 3.48. The summed E-state index contributed by atoms with van der Waals surface area (Å²) in [4.78, 5) is 0. The van der Waals surface area contributed by atoms with Crippen molar-refractivity contribution < 1.29 is 4.42 Å². The molecule has 2 nitrogen and oxygen atoms in total. The predicted octanol–water partition coefficient (Wildman–Crippen LogP) is 4.19. The van der Waals surface area contributed by atoms with Gasteiger partial charge in [0, 0.05) is 5.56 Å². The van der Waals surface area contributed by atoms with Crippen molar-refractivity contribution >= 4 is 0 Å². The lowest BCUT2D eigenvalue weighted by Gasteiger charge is -2.21. The quantitative estimate of drug-likeness (QED) is 0.891. The molecule has 0 aliphatic heterocycles. The summed E-state index contributed by atoms with van der Waals surface area (Å²) in [5, 5.41) is 3.35. The van der Waals surface area contributed by atoms with Crippen LogP contribution in [0.4, 0.5) is 0 Å². The summed E-state index contributed by atoms with van der Waals surface area (Å²) in [6.45, 7) is 8.67. The molecule has 2 aromatic rings. The Kier molecular flexibility index (Phi) is 3.81. The van der Waals surface area contributed by atoms with Crippen molar-refractivity contribution in [3.63, 3.8) is 0 Å². The van der Waals surface area contributed by atoms with Gasteiger partial charge in [0.05, 0.1) is 12.3 Å². The highest BCUT2D eigenvalue weighted by molar-refractivity contribution is 5.34. The second kappa shape index (κ2) is 5.22. The van der Waals surface area contributed by atoms with Gasteiger partial charge in [0.25, 0.3) is 0 Å². The topological polar surface area (TPSA) is 25.2 Å². The summed E-state index contributed by atoms with van der Waals surface area (Å²) in [6, 6.07) is 11.1. The molecule has 2 rings (SSSR count). The summed E-state index contributed by atoms with van der Waals surface area (Å²) in [7, 11) is 1.98. The first-order valence-electron chi connectivity index (χ1n) is 6.74. The maximum Gasteiger partial charge on any atom is 0.101 e. The Morgan fingerprint density at radius 1 is 1.05 bits per heavy atom. The van der Waals surface area contributed by atoms with E-state index in [1.807, 2.05) is 20.2 Å². The molecule has 102 valence electrons. The standard InChI is InChI=1S/C17H23NO/c1-12-10-14(11-19-12)16(18-5)13-6-8-15(9-7-13)17(2,3)4/h6-11,16,18H,1-5H3. The van der Waals surface area contributed by atoms with Crippen molar-refractivity contribution in [1.82, 2.24) is 5.32 Å². The highest BCUT2D eigenvalue weighted by atomic mass is 16.3. The van der Waals surface area contributed by atoms with Gasteiger partial charge in [0.1, 0.15) is 5.76 Å². The minimum atomic E-state index is 0.187. The van der Waals surface area contributed by atoms with E-state index in [0.717, 1.165) is 5.76 Å². The average molecular weight is 257 g/mol. The maximum absolute atomic E-state index is 5.41. The van der Waals surface area contributed by atoms with Crippen LogP contribution < -0.4 is 5.32 Å². The molecule has 0 bridgehead atoms. The maximum atomic E-state index is 5.41. The van der Waals surface area contributed by atoms with Gasteiger partial charge in [-0.15, -0.1) is 0 Å². The molecule has 0 aliphatic rings. The van der Waals surface area contributed by atoms with Crippen LogP contribution in [-0.2, 0) is 5.41 Å². The van der Waals surface area contributed by atoms with Crippen molar-refractivity contribution in [3.05, 3.63) is 59.0 Å². The number of hydrogen-bond donors (Lipinski definition) is 1. The Bertz CT molecular complexity index is 531. The molecule has 1 aromatic carbocycles. The van der Waals surface area contributed by atoms with E-state index >= 15 is 0 Å². The minimum absolute atomic E-state index is 0.187. The van der Waals surface area contributed by atoms with Crippen LogP contribution >= 0.6 is 0 Å². The van der Waals surface area contributed by atoms with E-state index in [2.05, 4.69) is 56.4 Å². The Balaban J connectivity index is 2.30. The molecule has 0 saturated heterocycles. The van der Waals surface area contributed by atoms with E-state index in [0.29, 0.717) is 0 Å². The van der Waals surface area contributed by atoms with Gasteiger partial charge in [-0.05, 0) is 36.6 Å². The highest BCUT2D eigenvalue weighted by Crippen LogP contribution is 2.27. The molecular formula is C17H23NO. The van der Waals surface area contributed by atoms with Gasteiger partial charge in [-0.3, -0.25) is 0 Å². The fourth-order valence-corrected chi connectivity index (χ4v) is 2.32. The lowest BCUT2D eigenvalue weighted by atomic mass is 9.86. The largest absolute Gasteiger partial charge is 0.469 e. The van der Waals surface area contributed by atoms with Gasteiger partial charge in [-0.25, -0.2) is 0 Å². The second-order valence-electron chi connectivity index (χ2n) is 6.08. The molecule has 0 aliphatic carbocycles. The molecule has 1 N–H and O–H groups in total. The van der Waals surface area contributed by atoms with Crippen LogP contribution in [0.15, 0.2) is 41.0 Å². The van der Waals surface area contributed by atoms with Gasteiger partial charge < -0.3 is 9.73 Å². The Labute approximate surface area is 115 Å². The summed E-state index contributed by atoms with van der Waals surface area (Å²) in [6.07, 6.45) is 1.83. The molecule has 1 aromatic heterocycles. The Morgan fingerprint density at radius 2 is 1.68 bits per heavy atom. The number of rotatable bonds is 3. The van der Waals surface area contributed by atoms with E-state index in [-0.39, 0.29) is 11.5 Å². The molecule has 19 heavy (non-hydrogen) atoms. The lowest BCUT2D eigenvalue weighted by Crippen LogP contribution is -2.17. The number of aryl methyl sites for hydroxylation is 1. The number of nitrogens with one attached hydrogen (secondary N) is 1. The first-order valence-corrected chi connectivity index (χ1v) is 6.74. The van der Waals surface area contributed by atoms with Gasteiger partial charge in [0.2, 0.25) is 0 Å². The van der Waals surface area contributed by atoms with Crippen molar-refractivity contribution in [3.8, 4) is 0 Å². The summed E-state index contributed by atoms with van der Waals surface area (Å²) in [5.41, 5.74) is 3.98. The van der Waals surface area contributed by atoms with Crippen LogP contribution in [0, 0.1) is 6.92 Å². The Morgan fingerprint density at radius 3 is 2.11 bits per heavy atom. The lowest BCUT2D eigenvalue weighted by molar-refractivity contribution is 0.527. The third kappa shape index (κ3) is 3.07. The molecule has 0 fully saturated rings. The van der Waals surface area contributed by atoms with Gasteiger partial charge in [-0.1, -0.05) is 45.0 Å². The second-order valence-corrected chi connectivity index (χ2v) is 6.08. The van der Waals surface area contributed by atoms with Crippen LogP contribution in [0.2, 0.25) is 0 Å². The van der Waals surface area contributed by atoms with Crippen LogP contribution in [0.5, 0.6) is 0 Å². The number of benzene rings is 1. The molecule has 2 heteroatoms. The smallest absolute Gasteiger partial charge is 0.101 e. The first-order chi connectivity index (χ1) is 8.91. The van der Waals surface area contributed by atoms with Crippen LogP contribution in [0.3, 0.4) is 0 Å². The van der Waals surface area contributed by atoms with Crippen molar-refractivity contribution in [1.29, 1.82) is 0 Å². The van der Waals surface area contributed by atoms with E-state index < -0.39 is 0 Å². The summed E-state index contributed by atoms with van der Waals surface area (Å²) < 4.78 is 5.41. The SMILES string of the molecule is CNC(c1ccc(C(C)(C)C)cc1)c1coc(C)c1. The molecule has 0 radical (unpaired) electrons. The number of furan rings is 1. The first kappa shape index (κ1) is 13.9. The zero-order chi connectivity index (χ0) is 14.0. The third-order valence-corrected chi connectivity index (χ3v) is 3.48. The van der Waals surface area contributed by atoms with Crippen molar-refractivity contribution in [2.75, 3.05) is 7.05 Å². The van der Waals surface area contributed by atoms with E-state index in [9.17, 15) is 0 Å².